The van der Waals surface area contributed by atoms with E-state index in [1.807, 2.05) is 121 Å². The highest BCUT2D eigenvalue weighted by atomic mass is 32.2. The van der Waals surface area contributed by atoms with Gasteiger partial charge in [0.15, 0.2) is 6.29 Å². The van der Waals surface area contributed by atoms with Crippen molar-refractivity contribution >= 4 is 10.0 Å². The Morgan fingerprint density at radius 2 is 0.896 bits per heavy atom. The molecule has 0 bridgehead atoms. The van der Waals surface area contributed by atoms with Gasteiger partial charge >= 0.3 is 0 Å². The molecule has 1 heterocycles. The maximum Gasteiger partial charge on any atom is 0.247 e. The molecule has 1 unspecified atom stereocenters. The second kappa shape index (κ2) is 24.3. The van der Waals surface area contributed by atoms with Crippen LogP contribution >= 0.6 is 0 Å². The molecule has 0 radical (unpaired) electrons. The molecule has 6 aromatic carbocycles. The monoisotopic (exact) mass is 935 g/mol. The Bertz CT molecular complexity index is 2470. The van der Waals surface area contributed by atoms with Gasteiger partial charge in [0.1, 0.15) is 41.3 Å². The molecule has 0 aromatic heterocycles. The van der Waals surface area contributed by atoms with Crippen molar-refractivity contribution in [3.63, 3.8) is 0 Å². The SMILES string of the molecule is COc1ccc(CN(Cc2ccc(OC)cc2OC)S(=O)(=O)C(F)C[C@H]2O[C@@H](OCc3ccccc3)[C@H](OCc3ccccc3)[C@@H](OCc3ccccc3)[C@@H]2OCc2ccccc2)c(OC)c1. The Morgan fingerprint density at radius 1 is 0.507 bits per heavy atom. The number of sulfonamides is 1. The van der Waals surface area contributed by atoms with Crippen LogP contribution in [0.3, 0.4) is 0 Å². The molecule has 354 valence electrons. The molecule has 1 aliphatic heterocycles. The van der Waals surface area contributed by atoms with Crippen LogP contribution in [0.4, 0.5) is 4.39 Å². The third kappa shape index (κ3) is 13.2. The first-order chi connectivity index (χ1) is 32.7. The topological polar surface area (TPSA) is 120 Å². The summed E-state index contributed by atoms with van der Waals surface area (Å²) in [6.45, 7) is -0.0134. The van der Waals surface area contributed by atoms with Crippen LogP contribution in [0.5, 0.6) is 23.0 Å². The van der Waals surface area contributed by atoms with E-state index in [1.165, 1.54) is 28.4 Å². The van der Waals surface area contributed by atoms with Gasteiger partial charge in [-0.2, -0.15) is 4.31 Å². The van der Waals surface area contributed by atoms with E-state index in [0.717, 1.165) is 26.6 Å². The summed E-state index contributed by atoms with van der Waals surface area (Å²) in [5, 5.41) is 0. The molecular formula is C53H58FNO11S. The van der Waals surface area contributed by atoms with Gasteiger partial charge in [-0.05, 0) is 34.4 Å². The fourth-order valence-electron chi connectivity index (χ4n) is 7.87. The molecule has 1 aliphatic rings. The van der Waals surface area contributed by atoms with Crippen LogP contribution < -0.4 is 18.9 Å². The Kier molecular flexibility index (Phi) is 17.8. The lowest BCUT2D eigenvalue weighted by molar-refractivity contribution is -0.327. The minimum Gasteiger partial charge on any atom is -0.497 e. The van der Waals surface area contributed by atoms with Crippen molar-refractivity contribution in [2.45, 2.75) is 82.1 Å². The smallest absolute Gasteiger partial charge is 0.247 e. The Labute approximate surface area is 393 Å². The Balaban J connectivity index is 1.27. The third-order valence-corrected chi connectivity index (χ3v) is 13.3. The number of hydrogen-bond donors (Lipinski definition) is 0. The maximum absolute atomic E-state index is 17.6. The molecule has 7 rings (SSSR count). The molecular weight excluding hydrogens is 878 g/mol. The lowest BCUT2D eigenvalue weighted by Gasteiger charge is -2.46. The quantitative estimate of drug-likeness (QED) is 0.0578. The van der Waals surface area contributed by atoms with E-state index in [1.54, 1.807) is 36.4 Å². The Morgan fingerprint density at radius 3 is 1.30 bits per heavy atom. The first kappa shape index (κ1) is 49.1. The van der Waals surface area contributed by atoms with Crippen molar-refractivity contribution in [3.05, 3.63) is 191 Å². The Hall–Kier alpha value is -5.84. The van der Waals surface area contributed by atoms with Crippen molar-refractivity contribution in [1.29, 1.82) is 0 Å². The zero-order chi connectivity index (χ0) is 47.0. The fraction of sp³-hybridized carbons (Fsp3) is 0.321. The van der Waals surface area contributed by atoms with Crippen LogP contribution in [0.1, 0.15) is 39.8 Å². The second-order valence-corrected chi connectivity index (χ2v) is 18.0. The van der Waals surface area contributed by atoms with Crippen molar-refractivity contribution in [3.8, 4) is 23.0 Å². The predicted octanol–water partition coefficient (Wildman–Crippen LogP) is 9.44. The van der Waals surface area contributed by atoms with Crippen LogP contribution in [-0.2, 0) is 73.2 Å². The number of hydrogen-bond acceptors (Lipinski definition) is 11. The zero-order valence-corrected chi connectivity index (χ0v) is 39.0. The zero-order valence-electron chi connectivity index (χ0n) is 38.1. The van der Waals surface area contributed by atoms with Crippen LogP contribution in [-0.4, -0.2) is 77.4 Å². The minimum absolute atomic E-state index is 0.0852. The molecule has 0 aliphatic carbocycles. The number of rotatable bonds is 24. The van der Waals surface area contributed by atoms with Crippen molar-refractivity contribution in [1.82, 2.24) is 4.31 Å². The molecule has 0 N–H and O–H groups in total. The average molecular weight is 936 g/mol. The summed E-state index contributed by atoms with van der Waals surface area (Å²) in [4.78, 5) is 0. The summed E-state index contributed by atoms with van der Waals surface area (Å²) in [5.74, 6) is 1.73. The minimum atomic E-state index is -4.83. The first-order valence-corrected chi connectivity index (χ1v) is 23.5. The highest BCUT2D eigenvalue weighted by molar-refractivity contribution is 7.89. The molecule has 6 aromatic rings. The molecule has 14 heteroatoms. The van der Waals surface area contributed by atoms with Gasteiger partial charge in [0, 0.05) is 42.8 Å². The van der Waals surface area contributed by atoms with E-state index in [2.05, 4.69) is 0 Å². The van der Waals surface area contributed by atoms with Crippen molar-refractivity contribution < 1.29 is 55.4 Å². The summed E-state index contributed by atoms with van der Waals surface area (Å²) in [5.41, 5.74) is 1.91. The van der Waals surface area contributed by atoms with Gasteiger partial charge in [0.25, 0.3) is 0 Å². The van der Waals surface area contributed by atoms with Crippen LogP contribution in [0, 0.1) is 0 Å². The van der Waals surface area contributed by atoms with Gasteiger partial charge in [-0.15, -0.1) is 0 Å². The second-order valence-electron chi connectivity index (χ2n) is 15.9. The van der Waals surface area contributed by atoms with Crippen molar-refractivity contribution in [2.75, 3.05) is 28.4 Å². The van der Waals surface area contributed by atoms with Gasteiger partial charge in [-0.1, -0.05) is 133 Å². The summed E-state index contributed by atoms with van der Waals surface area (Å²) < 4.78 is 104. The lowest BCUT2D eigenvalue weighted by Crippen LogP contribution is -2.61. The number of alkyl halides is 1. The molecule has 6 atom stereocenters. The molecule has 1 fully saturated rings. The number of benzene rings is 6. The molecule has 0 spiro atoms. The van der Waals surface area contributed by atoms with E-state index >= 15 is 4.39 Å². The summed E-state index contributed by atoms with van der Waals surface area (Å²) in [7, 11) is 1.16. The van der Waals surface area contributed by atoms with E-state index in [9.17, 15) is 8.42 Å². The average Bonchev–Trinajstić information content (AvgIpc) is 3.37. The molecule has 67 heavy (non-hydrogen) atoms. The predicted molar refractivity (Wildman–Crippen MR) is 252 cm³/mol. The summed E-state index contributed by atoms with van der Waals surface area (Å²) in [6.07, 6.45) is -5.93. The van der Waals surface area contributed by atoms with Gasteiger partial charge in [-0.3, -0.25) is 0 Å². The van der Waals surface area contributed by atoms with Gasteiger partial charge in [0.2, 0.25) is 15.5 Å². The van der Waals surface area contributed by atoms with Crippen LogP contribution in [0.25, 0.3) is 0 Å². The molecule has 0 saturated carbocycles. The number of methoxy groups -OCH3 is 4. The molecule has 12 nitrogen and oxygen atoms in total. The van der Waals surface area contributed by atoms with Crippen molar-refractivity contribution in [2.24, 2.45) is 0 Å². The van der Waals surface area contributed by atoms with E-state index in [-0.39, 0.29) is 39.5 Å². The third-order valence-electron chi connectivity index (χ3n) is 11.5. The highest BCUT2D eigenvalue weighted by Gasteiger charge is 2.51. The largest absolute Gasteiger partial charge is 0.497 e. The number of ether oxygens (including phenoxy) is 9. The summed E-state index contributed by atoms with van der Waals surface area (Å²) >= 11 is 0. The highest BCUT2D eigenvalue weighted by Crippen LogP contribution is 2.37. The molecule has 1 saturated heterocycles. The van der Waals surface area contributed by atoms with Gasteiger partial charge in [-0.25, -0.2) is 12.8 Å². The first-order valence-electron chi connectivity index (χ1n) is 22.0. The normalized spacial score (nSPS) is 18.9. The number of nitrogens with zero attached hydrogens (tertiary/aromatic N) is 1. The molecule has 0 amide bonds. The van der Waals surface area contributed by atoms with Gasteiger partial charge < -0.3 is 42.6 Å². The van der Waals surface area contributed by atoms with Crippen LogP contribution in [0.2, 0.25) is 0 Å². The van der Waals surface area contributed by atoms with Gasteiger partial charge in [0.05, 0.1) is 61.0 Å². The van der Waals surface area contributed by atoms with E-state index < -0.39 is 52.7 Å². The standard InChI is InChI=1S/C53H58FNO11S/c1-58-44-27-25-42(46(29-44)60-3)32-55(33-43-26-28-45(59-2)30-47(43)61-4)67(56,57)49(54)31-48-50(62-34-38-17-9-5-10-18-38)51(63-35-39-19-11-6-12-20-39)52(64-36-40-21-13-7-14-22-40)53(66-48)65-37-41-23-15-8-16-24-41/h5-30,48-53H,31-37H2,1-4H3/t48-,49?,50-,51+,52-,53-/m1/s1. The summed E-state index contributed by atoms with van der Waals surface area (Å²) in [6, 6.07) is 48.4. The van der Waals surface area contributed by atoms with Crippen LogP contribution in [0.15, 0.2) is 158 Å². The fourth-order valence-corrected chi connectivity index (χ4v) is 9.26. The maximum atomic E-state index is 17.6. The van der Waals surface area contributed by atoms with E-state index in [0.29, 0.717) is 34.1 Å². The van der Waals surface area contributed by atoms with E-state index in [4.69, 9.17) is 42.6 Å². The lowest BCUT2D eigenvalue weighted by atomic mass is 9.95. The number of halogens is 1.